The van der Waals surface area contributed by atoms with Gasteiger partial charge in [0.1, 0.15) is 22.9 Å². The number of phenols is 1. The largest absolute Gasteiger partial charge is 0.510 e. The minimum absolute atomic E-state index is 0.00882. The minimum Gasteiger partial charge on any atom is -0.510 e. The minimum atomic E-state index is -2.74. The maximum absolute atomic E-state index is 15.8. The highest BCUT2D eigenvalue weighted by atomic mass is 19.1. The highest BCUT2D eigenvalue weighted by molar-refractivity contribution is 6.24. The predicted octanol–water partition coefficient (Wildman–Crippen LogP) is 0.363. The molecule has 11 nitrogen and oxygen atoms in total. The lowest BCUT2D eigenvalue weighted by Crippen LogP contribution is -2.63. The van der Waals surface area contributed by atoms with E-state index in [1.807, 2.05) is 0 Å². The van der Waals surface area contributed by atoms with Gasteiger partial charge in [-0.05, 0) is 47.0 Å². The van der Waals surface area contributed by atoms with Crippen LogP contribution in [0, 0.1) is 17.7 Å². The van der Waals surface area contributed by atoms with Gasteiger partial charge in [0, 0.05) is 36.2 Å². The van der Waals surface area contributed by atoms with Crippen LogP contribution in [0.1, 0.15) is 27.9 Å². The molecule has 1 aromatic rings. The van der Waals surface area contributed by atoms with Gasteiger partial charge < -0.3 is 36.4 Å². The number of nitrogens with zero attached hydrogens (tertiary/aromatic N) is 2. The molecule has 7 N–H and O–H groups in total. The molecule has 0 saturated carbocycles. The first-order chi connectivity index (χ1) is 17.2. The Kier molecular flexibility index (Phi) is 6.34. The Morgan fingerprint density at radius 1 is 1.19 bits per heavy atom. The van der Waals surface area contributed by atoms with Crippen LogP contribution in [0.4, 0.5) is 10.1 Å². The van der Waals surface area contributed by atoms with Crippen LogP contribution in [0.2, 0.25) is 0 Å². The monoisotopic (exact) mass is 518 g/mol. The molecule has 37 heavy (non-hydrogen) atoms. The van der Waals surface area contributed by atoms with E-state index in [4.69, 9.17) is 5.73 Å². The lowest BCUT2D eigenvalue weighted by Gasteiger charge is -2.50. The maximum atomic E-state index is 15.8. The van der Waals surface area contributed by atoms with E-state index in [0.717, 1.165) is 0 Å². The summed E-state index contributed by atoms with van der Waals surface area (Å²) in [5.74, 6) is -8.41. The number of hydrogen-bond donors (Lipinski definition) is 6. The Morgan fingerprint density at radius 2 is 1.81 bits per heavy atom. The number of carbonyl (C=O) groups is 3. The average molecular weight is 519 g/mol. The van der Waals surface area contributed by atoms with E-state index in [2.05, 4.69) is 5.32 Å². The molecule has 4 rings (SSSR count). The van der Waals surface area contributed by atoms with Gasteiger partial charge >= 0.3 is 0 Å². The van der Waals surface area contributed by atoms with E-state index in [1.165, 1.54) is 26.0 Å². The van der Waals surface area contributed by atoms with Gasteiger partial charge in [-0.25, -0.2) is 4.39 Å². The average Bonchev–Trinajstić information content (AvgIpc) is 2.79. The normalized spacial score (nSPS) is 27.4. The Bertz CT molecular complexity index is 1300. The number of fused-ring (bicyclic) bond motifs is 3. The molecule has 12 heteroatoms. The van der Waals surface area contributed by atoms with Gasteiger partial charge in [-0.2, -0.15) is 0 Å². The second kappa shape index (κ2) is 8.82. The van der Waals surface area contributed by atoms with Crippen LogP contribution in [-0.4, -0.2) is 94.6 Å². The summed E-state index contributed by atoms with van der Waals surface area (Å²) in [4.78, 5) is 42.2. The number of carbonyl (C=O) groups excluding carboxylic acids is 3. The second-order valence-corrected chi connectivity index (χ2v) is 10.3. The van der Waals surface area contributed by atoms with Crippen LogP contribution in [0.15, 0.2) is 22.7 Å². The zero-order chi connectivity index (χ0) is 27.7. The number of aliphatic hydroxyl groups excluding tert-OH is 2. The fraction of sp³-hybridized carbons (Fsp3) is 0.480. The molecule has 0 bridgehead atoms. The van der Waals surface area contributed by atoms with Crippen LogP contribution in [-0.2, 0) is 22.6 Å². The number of nitrogens with one attached hydrogen (secondary N) is 1. The molecule has 1 amide bonds. The smallest absolute Gasteiger partial charge is 0.255 e. The number of likely N-dealkylation sites (N-methyl/N-ethyl adjacent to an activating group) is 1. The Hall–Kier alpha value is -3.48. The number of amides is 1. The van der Waals surface area contributed by atoms with Gasteiger partial charge in [-0.3, -0.25) is 19.3 Å². The summed E-state index contributed by atoms with van der Waals surface area (Å²) in [5.41, 5.74) is 1.12. The van der Waals surface area contributed by atoms with Crippen LogP contribution in [0.25, 0.3) is 0 Å². The van der Waals surface area contributed by atoms with Crippen molar-refractivity contribution in [2.45, 2.75) is 31.0 Å². The molecule has 0 radical (unpaired) electrons. The standard InChI is InChI=1S/C25H31FN4O7/c1-28-17-11(8-29(2)3)16(26)10-6-9-7-12-18(30(4)5)21(33)15(24(27)36)23(35)25(12,37)22(34)13(9)19(31)14(10)20(17)32/h9,12,18,28,32-34,37H,6-8H2,1-5H3,(H2,27,36)/t9-,12-,18-,25-/m0/s1. The SMILES string of the molecule is CNc1c(O)c2c(c(F)c1CN(C)C)C[C@H]1C[C@H]3[C@H](N(C)C)C(O)=C(C(N)=O)C(=O)[C@@]3(O)C(O)=C1C2=O. The fourth-order valence-corrected chi connectivity index (χ4v) is 6.13. The third kappa shape index (κ3) is 3.54. The summed E-state index contributed by atoms with van der Waals surface area (Å²) in [5, 5.41) is 47.4. The number of aliphatic hydroxyl groups is 3. The van der Waals surface area contributed by atoms with Crippen molar-refractivity contribution in [1.29, 1.82) is 0 Å². The van der Waals surface area contributed by atoms with Gasteiger partial charge in [0.25, 0.3) is 5.91 Å². The molecule has 3 aliphatic carbocycles. The highest BCUT2D eigenvalue weighted by Crippen LogP contribution is 2.53. The van der Waals surface area contributed by atoms with Crippen molar-refractivity contribution >= 4 is 23.2 Å². The van der Waals surface area contributed by atoms with Gasteiger partial charge in [-0.1, -0.05) is 0 Å². The summed E-state index contributed by atoms with van der Waals surface area (Å²) in [6, 6.07) is -1.11. The highest BCUT2D eigenvalue weighted by Gasteiger charge is 2.63. The quantitative estimate of drug-likeness (QED) is 0.236. The molecule has 0 fully saturated rings. The molecule has 0 aliphatic heterocycles. The van der Waals surface area contributed by atoms with Crippen molar-refractivity contribution in [2.75, 3.05) is 40.6 Å². The number of ketones is 2. The number of halogens is 1. The number of hydrogen-bond acceptors (Lipinski definition) is 10. The number of benzene rings is 1. The zero-order valence-corrected chi connectivity index (χ0v) is 21.2. The Morgan fingerprint density at radius 3 is 2.32 bits per heavy atom. The van der Waals surface area contributed by atoms with Crippen molar-refractivity contribution in [3.8, 4) is 5.75 Å². The number of primary amides is 1. The van der Waals surface area contributed by atoms with Crippen molar-refractivity contribution in [1.82, 2.24) is 9.80 Å². The molecule has 0 unspecified atom stereocenters. The van der Waals surface area contributed by atoms with Gasteiger partial charge in [0.15, 0.2) is 17.1 Å². The summed E-state index contributed by atoms with van der Waals surface area (Å²) in [6.45, 7) is 0.129. The van der Waals surface area contributed by atoms with Crippen LogP contribution >= 0.6 is 0 Å². The molecular formula is C25H31FN4O7. The first kappa shape index (κ1) is 26.6. The van der Waals surface area contributed by atoms with Crippen LogP contribution in [0.3, 0.4) is 0 Å². The number of anilines is 1. The number of nitrogens with two attached hydrogens (primary N) is 1. The third-order valence-corrected chi connectivity index (χ3v) is 7.65. The molecule has 0 aromatic heterocycles. The third-order valence-electron chi connectivity index (χ3n) is 7.65. The zero-order valence-electron chi connectivity index (χ0n) is 21.2. The van der Waals surface area contributed by atoms with E-state index in [9.17, 15) is 34.8 Å². The van der Waals surface area contributed by atoms with E-state index >= 15 is 4.39 Å². The van der Waals surface area contributed by atoms with Crippen molar-refractivity contribution in [3.63, 3.8) is 0 Å². The van der Waals surface area contributed by atoms with Gasteiger partial charge in [0.2, 0.25) is 5.78 Å². The van der Waals surface area contributed by atoms with Crippen molar-refractivity contribution in [3.05, 3.63) is 45.2 Å². The van der Waals surface area contributed by atoms with Crippen molar-refractivity contribution < 1.29 is 39.2 Å². The number of Topliss-reactive ketones (excluding diaryl/α,β-unsaturated/α-hetero) is 2. The first-order valence-corrected chi connectivity index (χ1v) is 11.7. The molecule has 0 spiro atoms. The number of aromatic hydroxyl groups is 1. The molecule has 3 aliphatic rings. The van der Waals surface area contributed by atoms with Gasteiger partial charge in [0.05, 0.1) is 17.3 Å². The second-order valence-electron chi connectivity index (χ2n) is 10.3. The summed E-state index contributed by atoms with van der Waals surface area (Å²) in [6.07, 6.45) is -0.221. The molecule has 1 aromatic carbocycles. The number of rotatable bonds is 5. The summed E-state index contributed by atoms with van der Waals surface area (Å²) >= 11 is 0. The van der Waals surface area contributed by atoms with E-state index in [0.29, 0.717) is 0 Å². The lowest BCUT2D eigenvalue weighted by atomic mass is 9.58. The number of allylic oxidation sites excluding steroid dienone is 1. The lowest BCUT2D eigenvalue weighted by molar-refractivity contribution is -0.148. The summed E-state index contributed by atoms with van der Waals surface area (Å²) < 4.78 is 15.8. The fourth-order valence-electron chi connectivity index (χ4n) is 6.13. The van der Waals surface area contributed by atoms with E-state index in [1.54, 1.807) is 19.0 Å². The predicted molar refractivity (Wildman–Crippen MR) is 131 cm³/mol. The Labute approximate surface area is 212 Å². The topological polar surface area (TPSA) is 177 Å². The molecule has 4 atom stereocenters. The Balaban J connectivity index is 1.98. The van der Waals surface area contributed by atoms with E-state index in [-0.39, 0.29) is 47.3 Å². The van der Waals surface area contributed by atoms with Crippen LogP contribution < -0.4 is 11.1 Å². The molecule has 200 valence electrons. The molecule has 0 saturated heterocycles. The number of phenolic OH excluding ortho intramolecular Hbond substituents is 1. The van der Waals surface area contributed by atoms with Crippen LogP contribution in [0.5, 0.6) is 5.75 Å². The van der Waals surface area contributed by atoms with Crippen molar-refractivity contribution in [2.24, 2.45) is 17.6 Å². The molecular weight excluding hydrogens is 487 g/mol. The molecule has 0 heterocycles. The van der Waals surface area contributed by atoms with Gasteiger partial charge in [-0.15, -0.1) is 0 Å². The first-order valence-electron chi connectivity index (χ1n) is 11.7. The van der Waals surface area contributed by atoms with E-state index < -0.39 is 69.6 Å². The summed E-state index contributed by atoms with van der Waals surface area (Å²) in [7, 11) is 8.00. The maximum Gasteiger partial charge on any atom is 0.255 e.